The molecule has 0 amide bonds. The van der Waals surface area contributed by atoms with Gasteiger partial charge in [0.25, 0.3) is 0 Å². The molecule has 0 saturated carbocycles. The van der Waals surface area contributed by atoms with Gasteiger partial charge in [0.2, 0.25) is 0 Å². The lowest BCUT2D eigenvalue weighted by Gasteiger charge is -2.17. The second kappa shape index (κ2) is 8.43. The van der Waals surface area contributed by atoms with Gasteiger partial charge in [0.15, 0.2) is 5.82 Å². The van der Waals surface area contributed by atoms with Gasteiger partial charge in [-0.05, 0) is 30.3 Å². The summed E-state index contributed by atoms with van der Waals surface area (Å²) in [5, 5.41) is 9.12. The van der Waals surface area contributed by atoms with Crippen LogP contribution < -0.4 is 4.74 Å². The van der Waals surface area contributed by atoms with Crippen molar-refractivity contribution in [2.45, 2.75) is 12.7 Å². The van der Waals surface area contributed by atoms with Crippen molar-refractivity contribution in [3.63, 3.8) is 0 Å². The highest BCUT2D eigenvalue weighted by Crippen LogP contribution is 2.20. The molecule has 0 unspecified atom stereocenters. The Labute approximate surface area is 129 Å². The number of aliphatic hydroxyl groups is 1. The minimum atomic E-state index is -0.158. The van der Waals surface area contributed by atoms with Gasteiger partial charge in [0.1, 0.15) is 11.9 Å². The zero-order valence-electron chi connectivity index (χ0n) is 12.7. The number of ether oxygens (including phenoxy) is 3. The Morgan fingerprint density at radius 2 is 1.73 bits per heavy atom. The number of benzene rings is 1. The molecule has 1 aromatic carbocycles. The summed E-state index contributed by atoms with van der Waals surface area (Å²) in [7, 11) is 3.25. The first-order chi connectivity index (χ1) is 10.8. The van der Waals surface area contributed by atoms with Gasteiger partial charge in [-0.3, -0.25) is 0 Å². The lowest BCUT2D eigenvalue weighted by atomic mass is 10.2. The van der Waals surface area contributed by atoms with Crippen LogP contribution in [-0.2, 0) is 16.1 Å². The van der Waals surface area contributed by atoms with E-state index in [9.17, 15) is 0 Å². The molecule has 0 aliphatic carbocycles. The smallest absolute Gasteiger partial charge is 0.159 e. The maximum absolute atomic E-state index is 9.12. The van der Waals surface area contributed by atoms with E-state index in [4.69, 9.17) is 19.3 Å². The van der Waals surface area contributed by atoms with Crippen molar-refractivity contribution in [1.82, 2.24) is 9.97 Å². The average molecular weight is 304 g/mol. The second-order valence-corrected chi connectivity index (χ2v) is 4.70. The van der Waals surface area contributed by atoms with Crippen molar-refractivity contribution < 1.29 is 19.3 Å². The summed E-state index contributed by atoms with van der Waals surface area (Å²) in [6.45, 7) is 0.806. The highest BCUT2D eigenvalue weighted by Gasteiger charge is 2.10. The first-order valence-electron chi connectivity index (χ1n) is 6.94. The van der Waals surface area contributed by atoms with E-state index in [0.29, 0.717) is 24.7 Å². The van der Waals surface area contributed by atoms with Gasteiger partial charge >= 0.3 is 0 Å². The van der Waals surface area contributed by atoms with E-state index in [1.54, 1.807) is 26.5 Å². The summed E-state index contributed by atoms with van der Waals surface area (Å²) >= 11 is 0. The Morgan fingerprint density at radius 3 is 2.32 bits per heavy atom. The van der Waals surface area contributed by atoms with Crippen molar-refractivity contribution in [2.75, 3.05) is 27.4 Å². The van der Waals surface area contributed by atoms with Crippen molar-refractivity contribution in [2.24, 2.45) is 0 Å². The van der Waals surface area contributed by atoms with Crippen LogP contribution in [0.1, 0.15) is 5.69 Å². The summed E-state index contributed by atoms with van der Waals surface area (Å²) in [5.74, 6) is 1.30. The second-order valence-electron chi connectivity index (χ2n) is 4.70. The molecule has 0 aliphatic heterocycles. The zero-order valence-corrected chi connectivity index (χ0v) is 12.7. The molecule has 1 heterocycles. The monoisotopic (exact) mass is 304 g/mol. The van der Waals surface area contributed by atoms with Gasteiger partial charge in [-0.25, -0.2) is 9.97 Å². The normalized spacial score (nSPS) is 10.9. The van der Waals surface area contributed by atoms with Gasteiger partial charge in [-0.2, -0.15) is 0 Å². The Morgan fingerprint density at radius 1 is 1.05 bits per heavy atom. The number of hydrogen-bond acceptors (Lipinski definition) is 6. The fraction of sp³-hybridized carbons (Fsp3) is 0.375. The maximum atomic E-state index is 9.12. The highest BCUT2D eigenvalue weighted by molar-refractivity contribution is 5.56. The highest BCUT2D eigenvalue weighted by atomic mass is 16.6. The molecule has 1 aromatic heterocycles. The molecular weight excluding hydrogens is 284 g/mol. The van der Waals surface area contributed by atoms with E-state index in [-0.39, 0.29) is 12.7 Å². The Hall–Kier alpha value is -2.02. The number of hydrogen-bond donors (Lipinski definition) is 1. The summed E-state index contributed by atoms with van der Waals surface area (Å²) in [6.07, 6.45) is 1.47. The van der Waals surface area contributed by atoms with Crippen LogP contribution in [0.2, 0.25) is 0 Å². The topological polar surface area (TPSA) is 73.7 Å². The maximum Gasteiger partial charge on any atom is 0.159 e. The van der Waals surface area contributed by atoms with Gasteiger partial charge in [-0.1, -0.05) is 0 Å². The van der Waals surface area contributed by atoms with Crippen molar-refractivity contribution in [1.29, 1.82) is 0 Å². The predicted octanol–water partition coefficient (Wildman–Crippen LogP) is 1.68. The van der Waals surface area contributed by atoms with Crippen LogP contribution in [-0.4, -0.2) is 48.6 Å². The first kappa shape index (κ1) is 16.4. The molecule has 0 saturated heterocycles. The molecule has 118 valence electrons. The lowest BCUT2D eigenvalue weighted by Crippen LogP contribution is -2.27. The van der Waals surface area contributed by atoms with Gasteiger partial charge in [0.05, 0.1) is 25.5 Å². The molecule has 6 heteroatoms. The third kappa shape index (κ3) is 4.49. The molecule has 0 atom stereocenters. The number of rotatable bonds is 8. The largest absolute Gasteiger partial charge is 0.486 e. The molecule has 0 spiro atoms. The number of methoxy groups -OCH3 is 2. The average Bonchev–Trinajstić information content (AvgIpc) is 2.56. The fourth-order valence-electron chi connectivity index (χ4n) is 1.99. The third-order valence-electron chi connectivity index (χ3n) is 3.00. The molecule has 0 bridgehead atoms. The molecule has 0 radical (unpaired) electrons. The minimum absolute atomic E-state index is 0.105. The third-order valence-corrected chi connectivity index (χ3v) is 3.00. The van der Waals surface area contributed by atoms with E-state index < -0.39 is 0 Å². The van der Waals surface area contributed by atoms with Crippen LogP contribution in [0.15, 0.2) is 36.5 Å². The van der Waals surface area contributed by atoms with E-state index in [0.717, 1.165) is 11.3 Å². The summed E-state index contributed by atoms with van der Waals surface area (Å²) in [6, 6.07) is 9.14. The summed E-state index contributed by atoms with van der Waals surface area (Å²) in [4.78, 5) is 8.47. The SMILES string of the molecule is COCC(COC)Oc1ccc(-c2nccc(CO)n2)cc1. The summed E-state index contributed by atoms with van der Waals surface area (Å²) < 4.78 is 16.0. The Balaban J connectivity index is 2.08. The van der Waals surface area contributed by atoms with Crippen LogP contribution in [0.25, 0.3) is 11.4 Å². The first-order valence-corrected chi connectivity index (χ1v) is 6.94. The fourth-order valence-corrected chi connectivity index (χ4v) is 1.99. The van der Waals surface area contributed by atoms with Gasteiger partial charge in [-0.15, -0.1) is 0 Å². The zero-order chi connectivity index (χ0) is 15.8. The molecule has 2 rings (SSSR count). The van der Waals surface area contributed by atoms with Crippen LogP contribution in [0.5, 0.6) is 5.75 Å². The van der Waals surface area contributed by atoms with Crippen LogP contribution in [0.3, 0.4) is 0 Å². The molecular formula is C16H20N2O4. The standard InChI is InChI=1S/C16H20N2O4/c1-20-10-15(11-21-2)22-14-5-3-12(4-6-14)16-17-8-7-13(9-19)18-16/h3-8,15,19H,9-11H2,1-2H3. The van der Waals surface area contributed by atoms with Gasteiger partial charge in [0, 0.05) is 26.0 Å². The molecule has 0 aliphatic rings. The van der Waals surface area contributed by atoms with Crippen LogP contribution in [0, 0.1) is 0 Å². The van der Waals surface area contributed by atoms with E-state index in [1.165, 1.54) is 0 Å². The lowest BCUT2D eigenvalue weighted by molar-refractivity contribution is 0.0245. The van der Waals surface area contributed by atoms with Crippen molar-refractivity contribution in [3.8, 4) is 17.1 Å². The number of nitrogens with zero attached hydrogens (tertiary/aromatic N) is 2. The Kier molecular flexibility index (Phi) is 6.27. The molecule has 1 N–H and O–H groups in total. The number of aliphatic hydroxyl groups excluding tert-OH is 1. The van der Waals surface area contributed by atoms with Crippen molar-refractivity contribution in [3.05, 3.63) is 42.2 Å². The number of aromatic nitrogens is 2. The van der Waals surface area contributed by atoms with Crippen LogP contribution >= 0.6 is 0 Å². The van der Waals surface area contributed by atoms with E-state index in [1.807, 2.05) is 24.3 Å². The van der Waals surface area contributed by atoms with E-state index in [2.05, 4.69) is 9.97 Å². The molecule has 2 aromatic rings. The minimum Gasteiger partial charge on any atom is -0.486 e. The Bertz CT molecular complexity index is 569. The summed E-state index contributed by atoms with van der Waals surface area (Å²) in [5.41, 5.74) is 1.45. The van der Waals surface area contributed by atoms with E-state index >= 15 is 0 Å². The quantitative estimate of drug-likeness (QED) is 0.800. The van der Waals surface area contributed by atoms with Gasteiger partial charge < -0.3 is 19.3 Å². The predicted molar refractivity (Wildman–Crippen MR) is 81.6 cm³/mol. The van der Waals surface area contributed by atoms with Crippen molar-refractivity contribution >= 4 is 0 Å². The van der Waals surface area contributed by atoms with Crippen LogP contribution in [0.4, 0.5) is 0 Å². The molecule has 0 fully saturated rings. The molecule has 6 nitrogen and oxygen atoms in total. The molecule has 22 heavy (non-hydrogen) atoms.